The SMILES string of the molecule is CNCCC1CCN(CC(=O)NC(=O)NCc2ccccc2)CC1.Cl. The highest BCUT2D eigenvalue weighted by atomic mass is 35.5. The summed E-state index contributed by atoms with van der Waals surface area (Å²) in [6.45, 7) is 3.60. The van der Waals surface area contributed by atoms with Gasteiger partial charge in [0.25, 0.3) is 0 Å². The Balaban J connectivity index is 0.00000312. The number of imide groups is 1. The zero-order valence-corrected chi connectivity index (χ0v) is 15.6. The van der Waals surface area contributed by atoms with E-state index in [9.17, 15) is 9.59 Å². The first-order valence-electron chi connectivity index (χ1n) is 8.66. The van der Waals surface area contributed by atoms with E-state index in [1.54, 1.807) is 0 Å². The second kappa shape index (κ2) is 11.8. The fourth-order valence-electron chi connectivity index (χ4n) is 2.97. The number of carbonyl (C=O) groups excluding carboxylic acids is 2. The Morgan fingerprint density at radius 2 is 1.84 bits per heavy atom. The van der Waals surface area contributed by atoms with Crippen molar-refractivity contribution in [2.45, 2.75) is 25.8 Å². The molecule has 25 heavy (non-hydrogen) atoms. The third-order valence-corrected chi connectivity index (χ3v) is 4.43. The van der Waals surface area contributed by atoms with E-state index in [0.717, 1.165) is 44.0 Å². The van der Waals surface area contributed by atoms with Crippen molar-refractivity contribution in [2.24, 2.45) is 5.92 Å². The van der Waals surface area contributed by atoms with Crippen LogP contribution in [-0.2, 0) is 11.3 Å². The minimum atomic E-state index is -0.437. The third-order valence-electron chi connectivity index (χ3n) is 4.43. The molecule has 0 bridgehead atoms. The summed E-state index contributed by atoms with van der Waals surface area (Å²) in [4.78, 5) is 25.9. The van der Waals surface area contributed by atoms with Gasteiger partial charge in [0, 0.05) is 6.54 Å². The number of carbonyl (C=O) groups is 2. The van der Waals surface area contributed by atoms with Crippen LogP contribution in [0.15, 0.2) is 30.3 Å². The topological polar surface area (TPSA) is 73.5 Å². The summed E-state index contributed by atoms with van der Waals surface area (Å²) in [7, 11) is 1.97. The molecule has 0 radical (unpaired) electrons. The lowest BCUT2D eigenvalue weighted by molar-refractivity contribution is -0.121. The minimum Gasteiger partial charge on any atom is -0.334 e. The van der Waals surface area contributed by atoms with Gasteiger partial charge in [0.15, 0.2) is 0 Å². The molecular weight excluding hydrogens is 340 g/mol. The Bertz CT molecular complexity index is 519. The molecule has 0 atom stereocenters. The van der Waals surface area contributed by atoms with Crippen molar-refractivity contribution in [3.8, 4) is 0 Å². The maximum atomic E-state index is 12.0. The highest BCUT2D eigenvalue weighted by Crippen LogP contribution is 2.19. The predicted octanol–water partition coefficient (Wildman–Crippen LogP) is 1.76. The number of urea groups is 1. The first-order valence-corrected chi connectivity index (χ1v) is 8.66. The van der Waals surface area contributed by atoms with Crippen LogP contribution < -0.4 is 16.0 Å². The van der Waals surface area contributed by atoms with E-state index in [1.807, 2.05) is 37.4 Å². The third kappa shape index (κ3) is 8.34. The van der Waals surface area contributed by atoms with Gasteiger partial charge in [0.2, 0.25) is 5.91 Å². The minimum absolute atomic E-state index is 0. The highest BCUT2D eigenvalue weighted by Gasteiger charge is 2.21. The second-order valence-electron chi connectivity index (χ2n) is 6.33. The molecule has 0 aromatic heterocycles. The van der Waals surface area contributed by atoms with E-state index in [2.05, 4.69) is 20.9 Å². The Kier molecular flexibility index (Phi) is 10.1. The van der Waals surface area contributed by atoms with Crippen molar-refractivity contribution in [3.63, 3.8) is 0 Å². The van der Waals surface area contributed by atoms with Gasteiger partial charge in [0.05, 0.1) is 6.54 Å². The van der Waals surface area contributed by atoms with Gasteiger partial charge in [-0.25, -0.2) is 4.79 Å². The molecule has 1 aliphatic heterocycles. The molecule has 1 aromatic carbocycles. The largest absolute Gasteiger partial charge is 0.334 e. The molecule has 0 aliphatic carbocycles. The quantitative estimate of drug-likeness (QED) is 0.685. The summed E-state index contributed by atoms with van der Waals surface area (Å²) >= 11 is 0. The maximum Gasteiger partial charge on any atom is 0.321 e. The lowest BCUT2D eigenvalue weighted by Gasteiger charge is -2.31. The van der Waals surface area contributed by atoms with E-state index in [-0.39, 0.29) is 24.9 Å². The van der Waals surface area contributed by atoms with Crippen LogP contribution in [0.1, 0.15) is 24.8 Å². The molecule has 6 nitrogen and oxygen atoms in total. The summed E-state index contributed by atoms with van der Waals surface area (Å²) in [5.74, 6) is 0.500. The summed E-state index contributed by atoms with van der Waals surface area (Å²) in [6.07, 6.45) is 3.43. The monoisotopic (exact) mass is 368 g/mol. The summed E-state index contributed by atoms with van der Waals surface area (Å²) in [6, 6.07) is 9.18. The molecule has 1 heterocycles. The number of benzene rings is 1. The van der Waals surface area contributed by atoms with Crippen molar-refractivity contribution in [1.29, 1.82) is 0 Å². The van der Waals surface area contributed by atoms with Gasteiger partial charge in [-0.05, 0) is 57.4 Å². The molecule has 7 heteroatoms. The molecule has 0 saturated carbocycles. The van der Waals surface area contributed by atoms with E-state index >= 15 is 0 Å². The van der Waals surface area contributed by atoms with E-state index in [4.69, 9.17) is 0 Å². The van der Waals surface area contributed by atoms with Crippen LogP contribution in [0.4, 0.5) is 4.79 Å². The molecule has 0 spiro atoms. The Morgan fingerprint density at radius 1 is 1.16 bits per heavy atom. The average molecular weight is 369 g/mol. The van der Waals surface area contributed by atoms with Crippen LogP contribution in [0.25, 0.3) is 0 Å². The Morgan fingerprint density at radius 3 is 2.48 bits per heavy atom. The highest BCUT2D eigenvalue weighted by molar-refractivity contribution is 5.95. The van der Waals surface area contributed by atoms with Crippen molar-refractivity contribution in [1.82, 2.24) is 20.9 Å². The van der Waals surface area contributed by atoms with Crippen LogP contribution >= 0.6 is 12.4 Å². The van der Waals surface area contributed by atoms with Gasteiger partial charge in [-0.1, -0.05) is 30.3 Å². The van der Waals surface area contributed by atoms with Gasteiger partial charge in [-0.15, -0.1) is 12.4 Å². The molecule has 2 rings (SSSR count). The van der Waals surface area contributed by atoms with Gasteiger partial charge >= 0.3 is 6.03 Å². The average Bonchev–Trinajstić information content (AvgIpc) is 2.60. The van der Waals surface area contributed by atoms with Gasteiger partial charge in [-0.2, -0.15) is 0 Å². The van der Waals surface area contributed by atoms with Crippen LogP contribution in [0.2, 0.25) is 0 Å². The number of likely N-dealkylation sites (tertiary alicyclic amines) is 1. The van der Waals surface area contributed by atoms with Crippen molar-refractivity contribution in [2.75, 3.05) is 33.2 Å². The summed E-state index contributed by atoms with van der Waals surface area (Å²) in [5, 5.41) is 8.28. The molecule has 1 aromatic rings. The zero-order valence-electron chi connectivity index (χ0n) is 14.8. The van der Waals surface area contributed by atoms with Crippen LogP contribution in [0, 0.1) is 5.92 Å². The fourth-order valence-corrected chi connectivity index (χ4v) is 2.97. The maximum absolute atomic E-state index is 12.0. The van der Waals surface area contributed by atoms with Gasteiger partial charge in [-0.3, -0.25) is 15.0 Å². The first kappa shape index (κ1) is 21.4. The summed E-state index contributed by atoms with van der Waals surface area (Å²) in [5.41, 5.74) is 1.00. The summed E-state index contributed by atoms with van der Waals surface area (Å²) < 4.78 is 0. The lowest BCUT2D eigenvalue weighted by Crippen LogP contribution is -2.46. The number of rotatable bonds is 7. The number of hydrogen-bond donors (Lipinski definition) is 3. The zero-order chi connectivity index (χ0) is 17.2. The van der Waals surface area contributed by atoms with E-state index < -0.39 is 6.03 Å². The number of nitrogens with one attached hydrogen (secondary N) is 3. The first-order chi connectivity index (χ1) is 11.7. The van der Waals surface area contributed by atoms with Gasteiger partial charge in [0.1, 0.15) is 0 Å². The van der Waals surface area contributed by atoms with Crippen LogP contribution in [0.5, 0.6) is 0 Å². The molecule has 1 saturated heterocycles. The van der Waals surface area contributed by atoms with E-state index in [1.165, 1.54) is 6.42 Å². The number of amides is 3. The number of nitrogens with zero attached hydrogens (tertiary/aromatic N) is 1. The molecule has 3 amide bonds. The number of hydrogen-bond acceptors (Lipinski definition) is 4. The smallest absolute Gasteiger partial charge is 0.321 e. The normalized spacial score (nSPS) is 15.2. The van der Waals surface area contributed by atoms with Crippen LogP contribution in [-0.4, -0.2) is 50.1 Å². The molecule has 1 aliphatic rings. The standard InChI is InChI=1S/C18H28N4O2.ClH/c1-19-10-7-15-8-11-22(12-9-15)14-17(23)21-18(24)20-13-16-5-3-2-4-6-16;/h2-6,15,19H,7-14H2,1H3,(H2,20,21,23,24);1H. The van der Waals surface area contributed by atoms with Crippen molar-refractivity contribution < 1.29 is 9.59 Å². The van der Waals surface area contributed by atoms with Gasteiger partial charge < -0.3 is 10.6 Å². The molecular formula is C18H29ClN4O2. The fraction of sp³-hybridized carbons (Fsp3) is 0.556. The van der Waals surface area contributed by atoms with Crippen LogP contribution in [0.3, 0.4) is 0 Å². The molecule has 3 N–H and O–H groups in total. The van der Waals surface area contributed by atoms with Crippen molar-refractivity contribution in [3.05, 3.63) is 35.9 Å². The van der Waals surface area contributed by atoms with Crippen molar-refractivity contribution >= 4 is 24.3 Å². The lowest BCUT2D eigenvalue weighted by atomic mass is 9.93. The van der Waals surface area contributed by atoms with E-state index in [0.29, 0.717) is 6.54 Å². The molecule has 0 unspecified atom stereocenters. The molecule has 1 fully saturated rings. The Labute approximate surface area is 156 Å². The number of halogens is 1. The molecule has 140 valence electrons. The Hall–Kier alpha value is -1.63. The second-order valence-corrected chi connectivity index (χ2v) is 6.33. The predicted molar refractivity (Wildman–Crippen MR) is 102 cm³/mol. The number of piperidine rings is 1.